The molecule has 0 amide bonds. The number of nitrogens with zero attached hydrogens (tertiary/aromatic N) is 1. The Balaban J connectivity index is 1.97. The summed E-state index contributed by atoms with van der Waals surface area (Å²) in [6, 6.07) is 1.33. The van der Waals surface area contributed by atoms with Gasteiger partial charge in [-0.2, -0.15) is 0 Å². The quantitative estimate of drug-likeness (QED) is 0.775. The van der Waals surface area contributed by atoms with E-state index < -0.39 is 11.5 Å². The molecule has 2 aliphatic rings. The van der Waals surface area contributed by atoms with Crippen molar-refractivity contribution in [1.82, 2.24) is 10.2 Å². The zero-order chi connectivity index (χ0) is 14.0. The van der Waals surface area contributed by atoms with Crippen LogP contribution in [-0.4, -0.2) is 46.2 Å². The van der Waals surface area contributed by atoms with E-state index in [1.807, 2.05) is 6.92 Å². The SMILES string of the molecule is CC1CCCCN1C(C)CC(C)(NC1CC1)C(=O)O. The second-order valence-electron chi connectivity index (χ2n) is 6.69. The largest absolute Gasteiger partial charge is 0.480 e. The highest BCUT2D eigenvalue weighted by atomic mass is 16.4. The van der Waals surface area contributed by atoms with Crippen molar-refractivity contribution in [3.05, 3.63) is 0 Å². The number of carboxylic acids is 1. The average Bonchev–Trinajstić information content (AvgIpc) is 3.12. The van der Waals surface area contributed by atoms with Crippen LogP contribution in [0.3, 0.4) is 0 Å². The van der Waals surface area contributed by atoms with Crippen LogP contribution in [0.1, 0.15) is 59.3 Å². The van der Waals surface area contributed by atoms with E-state index in [1.165, 1.54) is 19.3 Å². The number of carboxylic acid groups (broad SMARTS) is 1. The molecule has 0 aromatic carbocycles. The van der Waals surface area contributed by atoms with E-state index in [9.17, 15) is 9.90 Å². The summed E-state index contributed by atoms with van der Waals surface area (Å²) in [5, 5.41) is 12.9. The Morgan fingerprint density at radius 2 is 2.11 bits per heavy atom. The van der Waals surface area contributed by atoms with E-state index in [2.05, 4.69) is 24.1 Å². The molecule has 110 valence electrons. The molecule has 2 rings (SSSR count). The normalized spacial score (nSPS) is 29.7. The molecule has 4 heteroatoms. The summed E-state index contributed by atoms with van der Waals surface area (Å²) in [4.78, 5) is 14.1. The highest BCUT2D eigenvalue weighted by Crippen LogP contribution is 2.28. The number of hydrogen-bond acceptors (Lipinski definition) is 3. The van der Waals surface area contributed by atoms with Crippen molar-refractivity contribution in [3.8, 4) is 0 Å². The number of aliphatic carboxylic acids is 1. The van der Waals surface area contributed by atoms with Crippen LogP contribution in [0, 0.1) is 0 Å². The van der Waals surface area contributed by atoms with Crippen molar-refractivity contribution in [2.45, 2.75) is 83.0 Å². The molecule has 19 heavy (non-hydrogen) atoms. The summed E-state index contributed by atoms with van der Waals surface area (Å²) in [5.74, 6) is -0.712. The van der Waals surface area contributed by atoms with Crippen molar-refractivity contribution in [3.63, 3.8) is 0 Å². The van der Waals surface area contributed by atoms with Crippen LogP contribution < -0.4 is 5.32 Å². The van der Waals surface area contributed by atoms with Crippen LogP contribution in [0.2, 0.25) is 0 Å². The molecule has 1 heterocycles. The predicted octanol–water partition coefficient (Wildman–Crippen LogP) is 2.23. The summed E-state index contributed by atoms with van der Waals surface area (Å²) in [5.41, 5.74) is -0.780. The Labute approximate surface area is 116 Å². The molecule has 4 nitrogen and oxygen atoms in total. The van der Waals surface area contributed by atoms with Crippen LogP contribution in [0.15, 0.2) is 0 Å². The maximum Gasteiger partial charge on any atom is 0.323 e. The van der Waals surface area contributed by atoms with Crippen LogP contribution in [0.4, 0.5) is 0 Å². The Morgan fingerprint density at radius 1 is 1.42 bits per heavy atom. The minimum atomic E-state index is -0.780. The summed E-state index contributed by atoms with van der Waals surface area (Å²) >= 11 is 0. The van der Waals surface area contributed by atoms with Crippen LogP contribution in [-0.2, 0) is 4.79 Å². The van der Waals surface area contributed by atoms with E-state index >= 15 is 0 Å². The Hall–Kier alpha value is -0.610. The summed E-state index contributed by atoms with van der Waals surface area (Å²) in [6.07, 6.45) is 6.72. The standard InChI is InChI=1S/C15H28N2O2/c1-11-6-4-5-9-17(11)12(2)10-15(3,14(18)19)16-13-7-8-13/h11-13,16H,4-10H2,1-3H3,(H,18,19). The minimum absolute atomic E-state index is 0.322. The van der Waals surface area contributed by atoms with Crippen LogP contribution in [0.5, 0.6) is 0 Å². The van der Waals surface area contributed by atoms with E-state index in [-0.39, 0.29) is 0 Å². The maximum absolute atomic E-state index is 11.6. The van der Waals surface area contributed by atoms with Crippen molar-refractivity contribution >= 4 is 5.97 Å². The van der Waals surface area contributed by atoms with Gasteiger partial charge >= 0.3 is 5.97 Å². The third-order valence-corrected chi connectivity index (χ3v) is 4.70. The lowest BCUT2D eigenvalue weighted by Gasteiger charge is -2.41. The molecular weight excluding hydrogens is 240 g/mol. The van der Waals surface area contributed by atoms with Crippen molar-refractivity contribution < 1.29 is 9.90 Å². The number of carbonyl (C=O) groups is 1. The first-order chi connectivity index (χ1) is 8.92. The molecule has 3 unspecified atom stereocenters. The maximum atomic E-state index is 11.6. The van der Waals surface area contributed by atoms with Crippen molar-refractivity contribution in [1.29, 1.82) is 0 Å². The van der Waals surface area contributed by atoms with Gasteiger partial charge in [0.05, 0.1) is 0 Å². The van der Waals surface area contributed by atoms with Gasteiger partial charge in [-0.15, -0.1) is 0 Å². The van der Waals surface area contributed by atoms with E-state index in [0.717, 1.165) is 19.4 Å². The van der Waals surface area contributed by atoms with Gasteiger partial charge in [-0.05, 0) is 59.4 Å². The molecule has 0 aromatic heterocycles. The van der Waals surface area contributed by atoms with E-state index in [4.69, 9.17) is 0 Å². The van der Waals surface area contributed by atoms with Gasteiger partial charge in [0.1, 0.15) is 5.54 Å². The minimum Gasteiger partial charge on any atom is -0.480 e. The number of likely N-dealkylation sites (tertiary alicyclic amines) is 1. The molecule has 1 aliphatic carbocycles. The highest BCUT2D eigenvalue weighted by molar-refractivity contribution is 5.78. The lowest BCUT2D eigenvalue weighted by Crippen LogP contribution is -2.55. The molecule has 2 N–H and O–H groups in total. The molecule has 1 aliphatic heterocycles. The molecule has 0 bridgehead atoms. The molecule has 3 atom stereocenters. The van der Waals surface area contributed by atoms with Crippen LogP contribution >= 0.6 is 0 Å². The fourth-order valence-corrected chi connectivity index (χ4v) is 3.37. The lowest BCUT2D eigenvalue weighted by atomic mass is 9.90. The average molecular weight is 268 g/mol. The fraction of sp³-hybridized carbons (Fsp3) is 0.933. The zero-order valence-electron chi connectivity index (χ0n) is 12.5. The molecule has 0 radical (unpaired) electrons. The number of rotatable bonds is 6. The third-order valence-electron chi connectivity index (χ3n) is 4.70. The number of piperidine rings is 1. The second kappa shape index (κ2) is 5.80. The van der Waals surface area contributed by atoms with E-state index in [0.29, 0.717) is 24.5 Å². The molecule has 2 fully saturated rings. The van der Waals surface area contributed by atoms with Crippen molar-refractivity contribution in [2.75, 3.05) is 6.54 Å². The first kappa shape index (κ1) is 14.8. The van der Waals surface area contributed by atoms with Gasteiger partial charge in [0.2, 0.25) is 0 Å². The van der Waals surface area contributed by atoms with Gasteiger partial charge in [0.15, 0.2) is 0 Å². The lowest BCUT2D eigenvalue weighted by molar-refractivity contribution is -0.145. The monoisotopic (exact) mass is 268 g/mol. The molecular formula is C15H28N2O2. The van der Waals surface area contributed by atoms with Gasteiger partial charge in [-0.25, -0.2) is 0 Å². The van der Waals surface area contributed by atoms with Crippen LogP contribution in [0.25, 0.3) is 0 Å². The highest BCUT2D eigenvalue weighted by Gasteiger charge is 2.40. The first-order valence-electron chi connectivity index (χ1n) is 7.69. The summed E-state index contributed by atoms with van der Waals surface area (Å²) in [7, 11) is 0. The zero-order valence-corrected chi connectivity index (χ0v) is 12.5. The summed E-state index contributed by atoms with van der Waals surface area (Å²) < 4.78 is 0. The number of hydrogen-bond donors (Lipinski definition) is 2. The van der Waals surface area contributed by atoms with Gasteiger partial charge in [-0.3, -0.25) is 15.0 Å². The van der Waals surface area contributed by atoms with Gasteiger partial charge in [0, 0.05) is 18.1 Å². The first-order valence-corrected chi connectivity index (χ1v) is 7.69. The van der Waals surface area contributed by atoms with Gasteiger partial charge in [0.25, 0.3) is 0 Å². The smallest absolute Gasteiger partial charge is 0.323 e. The Morgan fingerprint density at radius 3 is 2.63 bits per heavy atom. The fourth-order valence-electron chi connectivity index (χ4n) is 3.37. The van der Waals surface area contributed by atoms with Gasteiger partial charge < -0.3 is 5.11 Å². The third kappa shape index (κ3) is 3.69. The van der Waals surface area contributed by atoms with Gasteiger partial charge in [-0.1, -0.05) is 6.42 Å². The predicted molar refractivity (Wildman–Crippen MR) is 76.3 cm³/mol. The second-order valence-corrected chi connectivity index (χ2v) is 6.69. The van der Waals surface area contributed by atoms with Crippen molar-refractivity contribution in [2.24, 2.45) is 0 Å². The Kier molecular flexibility index (Phi) is 4.51. The Bertz CT molecular complexity index is 330. The number of nitrogens with one attached hydrogen (secondary N) is 1. The molecule has 1 saturated heterocycles. The molecule has 0 aromatic rings. The van der Waals surface area contributed by atoms with E-state index in [1.54, 1.807) is 0 Å². The summed E-state index contributed by atoms with van der Waals surface area (Å²) in [6.45, 7) is 7.40. The molecule has 0 spiro atoms. The molecule has 1 saturated carbocycles. The topological polar surface area (TPSA) is 52.6 Å².